The fraction of sp³-hybridized carbons (Fsp3) is 0.333. The van der Waals surface area contributed by atoms with Gasteiger partial charge in [0.15, 0.2) is 0 Å². The molecular formula is C27H26N2O5. The Morgan fingerprint density at radius 1 is 0.941 bits per heavy atom. The van der Waals surface area contributed by atoms with Crippen molar-refractivity contribution in [1.82, 2.24) is 0 Å². The van der Waals surface area contributed by atoms with Crippen LogP contribution in [0.15, 0.2) is 60.7 Å². The van der Waals surface area contributed by atoms with Gasteiger partial charge in [-0.1, -0.05) is 36.8 Å². The molecule has 0 saturated carbocycles. The van der Waals surface area contributed by atoms with Crippen LogP contribution < -0.4 is 14.5 Å². The number of benzene rings is 2. The van der Waals surface area contributed by atoms with Crippen molar-refractivity contribution in [2.45, 2.75) is 26.7 Å². The molecule has 174 valence electrons. The SMILES string of the molecule is Cc1ccc(N2C[C@H](C(=O)Oc3ccc(N4C(=O)[C@@H]5[C@H](CC=C[C@@H]5C)C4=O)cc3)CC2=O)cc1. The van der Waals surface area contributed by atoms with Crippen molar-refractivity contribution in [1.29, 1.82) is 0 Å². The predicted molar refractivity (Wildman–Crippen MR) is 126 cm³/mol. The number of aryl methyl sites for hydroxylation is 1. The molecule has 5 rings (SSSR count). The van der Waals surface area contributed by atoms with Crippen LogP contribution in [0.25, 0.3) is 0 Å². The monoisotopic (exact) mass is 458 g/mol. The lowest BCUT2D eigenvalue weighted by Gasteiger charge is -2.22. The summed E-state index contributed by atoms with van der Waals surface area (Å²) in [5.41, 5.74) is 2.33. The Balaban J connectivity index is 1.25. The third-order valence-corrected chi connectivity index (χ3v) is 6.99. The van der Waals surface area contributed by atoms with Gasteiger partial charge >= 0.3 is 5.97 Å². The molecule has 0 N–H and O–H groups in total. The Morgan fingerprint density at radius 2 is 1.62 bits per heavy atom. The molecule has 4 atom stereocenters. The molecule has 2 aromatic carbocycles. The van der Waals surface area contributed by atoms with E-state index in [1.807, 2.05) is 50.3 Å². The third kappa shape index (κ3) is 3.81. The summed E-state index contributed by atoms with van der Waals surface area (Å²) in [5.74, 6) is -1.84. The van der Waals surface area contributed by atoms with Crippen molar-refractivity contribution in [3.63, 3.8) is 0 Å². The van der Waals surface area contributed by atoms with E-state index in [0.717, 1.165) is 11.3 Å². The maximum absolute atomic E-state index is 12.9. The number of esters is 1. The summed E-state index contributed by atoms with van der Waals surface area (Å²) in [4.78, 5) is 53.8. The summed E-state index contributed by atoms with van der Waals surface area (Å²) in [6, 6.07) is 14.0. The zero-order valence-corrected chi connectivity index (χ0v) is 19.1. The first-order chi connectivity index (χ1) is 16.3. The van der Waals surface area contributed by atoms with Crippen molar-refractivity contribution in [2.24, 2.45) is 23.7 Å². The minimum Gasteiger partial charge on any atom is -0.426 e. The number of amides is 3. The molecule has 2 fully saturated rings. The van der Waals surface area contributed by atoms with Gasteiger partial charge in [0.1, 0.15) is 5.75 Å². The van der Waals surface area contributed by atoms with E-state index in [2.05, 4.69) is 0 Å². The van der Waals surface area contributed by atoms with E-state index in [1.54, 1.807) is 29.2 Å². The maximum atomic E-state index is 12.9. The molecule has 7 heteroatoms. The Kier molecular flexibility index (Phi) is 5.55. The van der Waals surface area contributed by atoms with E-state index in [0.29, 0.717) is 17.9 Å². The van der Waals surface area contributed by atoms with Gasteiger partial charge in [-0.25, -0.2) is 0 Å². The van der Waals surface area contributed by atoms with Gasteiger partial charge in [0.25, 0.3) is 0 Å². The zero-order valence-electron chi connectivity index (χ0n) is 19.1. The van der Waals surface area contributed by atoms with E-state index >= 15 is 0 Å². The predicted octanol–water partition coefficient (Wildman–Crippen LogP) is 3.66. The largest absolute Gasteiger partial charge is 0.426 e. The van der Waals surface area contributed by atoms with Gasteiger partial charge in [0, 0.05) is 18.7 Å². The molecule has 2 saturated heterocycles. The van der Waals surface area contributed by atoms with Gasteiger partial charge in [-0.2, -0.15) is 0 Å². The normalized spacial score (nSPS) is 26.2. The molecular weight excluding hydrogens is 432 g/mol. The van der Waals surface area contributed by atoms with E-state index in [-0.39, 0.29) is 48.4 Å². The number of nitrogens with zero attached hydrogens (tertiary/aromatic N) is 2. The molecule has 3 aliphatic rings. The first kappa shape index (κ1) is 22.1. The maximum Gasteiger partial charge on any atom is 0.316 e. The fourth-order valence-corrected chi connectivity index (χ4v) is 5.10. The second kappa shape index (κ2) is 8.56. The number of carbonyl (C=O) groups excluding carboxylic acids is 4. The molecule has 2 heterocycles. The lowest BCUT2D eigenvalue weighted by atomic mass is 9.78. The number of hydrogen-bond acceptors (Lipinski definition) is 5. The summed E-state index contributed by atoms with van der Waals surface area (Å²) in [6.45, 7) is 4.20. The van der Waals surface area contributed by atoms with Crippen molar-refractivity contribution in [2.75, 3.05) is 16.3 Å². The van der Waals surface area contributed by atoms with Gasteiger partial charge in [0.2, 0.25) is 17.7 Å². The minimum absolute atomic E-state index is 0.0222. The Hall–Kier alpha value is -3.74. The third-order valence-electron chi connectivity index (χ3n) is 6.99. The van der Waals surface area contributed by atoms with Gasteiger partial charge in [-0.05, 0) is 55.7 Å². The number of carbonyl (C=O) groups is 4. The zero-order chi connectivity index (χ0) is 24.0. The van der Waals surface area contributed by atoms with Crippen LogP contribution in [0.2, 0.25) is 0 Å². The van der Waals surface area contributed by atoms with Crippen LogP contribution in [0, 0.1) is 30.6 Å². The smallest absolute Gasteiger partial charge is 0.316 e. The summed E-state index contributed by atoms with van der Waals surface area (Å²) >= 11 is 0. The van der Waals surface area contributed by atoms with Crippen molar-refractivity contribution in [3.05, 3.63) is 66.2 Å². The van der Waals surface area contributed by atoms with E-state index in [4.69, 9.17) is 4.74 Å². The number of imide groups is 1. The average Bonchev–Trinajstić information content (AvgIpc) is 3.33. The molecule has 2 aromatic rings. The molecule has 0 spiro atoms. The Bertz CT molecular complexity index is 1180. The van der Waals surface area contributed by atoms with Crippen LogP contribution in [0.3, 0.4) is 0 Å². The second-order valence-corrected chi connectivity index (χ2v) is 9.32. The van der Waals surface area contributed by atoms with Crippen LogP contribution in [0.1, 0.15) is 25.3 Å². The minimum atomic E-state index is -0.563. The molecule has 0 unspecified atom stereocenters. The standard InChI is InChI=1S/C27H26N2O5/c1-16-6-8-19(9-7-16)28-15-18(14-23(28)30)27(33)34-21-12-10-20(11-13-21)29-25(31)22-5-3-4-17(2)24(22)26(29)32/h3-4,6-13,17-18,22,24H,5,14-15H2,1-2H3/t17-,18+,22-,24-/m0/s1. The summed E-state index contributed by atoms with van der Waals surface area (Å²) in [7, 11) is 0. The molecule has 2 aliphatic heterocycles. The molecule has 3 amide bonds. The summed E-state index contributed by atoms with van der Waals surface area (Å²) < 4.78 is 5.52. The van der Waals surface area contributed by atoms with Gasteiger partial charge in [-0.15, -0.1) is 0 Å². The molecule has 34 heavy (non-hydrogen) atoms. The highest BCUT2D eigenvalue weighted by molar-refractivity contribution is 6.22. The molecule has 7 nitrogen and oxygen atoms in total. The molecule has 0 aromatic heterocycles. The lowest BCUT2D eigenvalue weighted by Crippen LogP contribution is -2.31. The fourth-order valence-electron chi connectivity index (χ4n) is 5.10. The highest BCUT2D eigenvalue weighted by atomic mass is 16.5. The van der Waals surface area contributed by atoms with Crippen LogP contribution >= 0.6 is 0 Å². The number of fused-ring (bicyclic) bond motifs is 1. The Morgan fingerprint density at radius 3 is 2.29 bits per heavy atom. The quantitative estimate of drug-likeness (QED) is 0.302. The van der Waals surface area contributed by atoms with E-state index in [1.165, 1.54) is 4.90 Å². The highest BCUT2D eigenvalue weighted by Gasteiger charge is 2.50. The number of rotatable bonds is 4. The van der Waals surface area contributed by atoms with E-state index < -0.39 is 11.9 Å². The average molecular weight is 459 g/mol. The van der Waals surface area contributed by atoms with Crippen LogP contribution in [0.4, 0.5) is 11.4 Å². The van der Waals surface area contributed by atoms with Crippen LogP contribution in [-0.4, -0.2) is 30.2 Å². The Labute approximate surface area is 198 Å². The van der Waals surface area contributed by atoms with Gasteiger partial charge in [-0.3, -0.25) is 24.1 Å². The number of ether oxygens (including phenoxy) is 1. The summed E-state index contributed by atoms with van der Waals surface area (Å²) in [5, 5.41) is 0. The lowest BCUT2D eigenvalue weighted by molar-refractivity contribution is -0.139. The van der Waals surface area contributed by atoms with E-state index in [9.17, 15) is 19.2 Å². The first-order valence-electron chi connectivity index (χ1n) is 11.6. The number of hydrogen-bond donors (Lipinski definition) is 0. The summed E-state index contributed by atoms with van der Waals surface area (Å²) in [6.07, 6.45) is 4.63. The highest BCUT2D eigenvalue weighted by Crippen LogP contribution is 2.40. The van der Waals surface area contributed by atoms with Crippen molar-refractivity contribution in [3.8, 4) is 5.75 Å². The molecule has 0 radical (unpaired) electrons. The number of allylic oxidation sites excluding steroid dienone is 2. The first-order valence-corrected chi connectivity index (χ1v) is 11.6. The van der Waals surface area contributed by atoms with Crippen LogP contribution in [0.5, 0.6) is 5.75 Å². The number of anilines is 2. The van der Waals surface area contributed by atoms with Gasteiger partial charge in [0.05, 0.1) is 23.4 Å². The molecule has 0 bridgehead atoms. The van der Waals surface area contributed by atoms with Crippen LogP contribution in [-0.2, 0) is 19.2 Å². The second-order valence-electron chi connectivity index (χ2n) is 9.32. The molecule has 1 aliphatic carbocycles. The topological polar surface area (TPSA) is 84.0 Å². The van der Waals surface area contributed by atoms with Crippen molar-refractivity contribution >= 4 is 35.1 Å². The van der Waals surface area contributed by atoms with Crippen molar-refractivity contribution < 1.29 is 23.9 Å². The van der Waals surface area contributed by atoms with Gasteiger partial charge < -0.3 is 9.64 Å².